The number of aromatic nitrogens is 2. The predicted octanol–water partition coefficient (Wildman–Crippen LogP) is 1.73. The minimum atomic E-state index is -0.357. The van der Waals surface area contributed by atoms with Crippen LogP contribution in [0.1, 0.15) is 10.5 Å². The number of fused-ring (bicyclic) bond motifs is 1. The van der Waals surface area contributed by atoms with Crippen molar-refractivity contribution in [3.63, 3.8) is 0 Å². The van der Waals surface area contributed by atoms with Gasteiger partial charge in [-0.15, -0.1) is 0 Å². The Balaban J connectivity index is 2.71. The van der Waals surface area contributed by atoms with Crippen molar-refractivity contribution < 1.29 is 9.53 Å². The Kier molecular flexibility index (Phi) is 2.40. The summed E-state index contributed by atoms with van der Waals surface area (Å²) in [6, 6.07) is 5.42. The molecule has 2 aromatic rings. The lowest BCUT2D eigenvalue weighted by molar-refractivity contribution is 0.0592. The molecule has 2 rings (SSSR count). The summed E-state index contributed by atoms with van der Waals surface area (Å²) >= 11 is 2.12. The molecular weight excluding hydrogens is 295 g/mol. The molecule has 0 saturated carbocycles. The zero-order chi connectivity index (χ0) is 10.1. The Morgan fingerprint density at radius 1 is 1.57 bits per heavy atom. The van der Waals surface area contributed by atoms with Crippen molar-refractivity contribution in [2.24, 2.45) is 0 Å². The van der Waals surface area contributed by atoms with Crippen molar-refractivity contribution in [3.8, 4) is 0 Å². The molecule has 0 aliphatic heterocycles. The summed E-state index contributed by atoms with van der Waals surface area (Å²) in [5, 5.41) is 0. The molecule has 72 valence electrons. The van der Waals surface area contributed by atoms with E-state index in [-0.39, 0.29) is 5.97 Å². The van der Waals surface area contributed by atoms with Gasteiger partial charge in [0.05, 0.1) is 12.6 Å². The van der Waals surface area contributed by atoms with Crippen molar-refractivity contribution in [1.82, 2.24) is 9.38 Å². The van der Waals surface area contributed by atoms with Crippen LogP contribution in [-0.2, 0) is 4.74 Å². The van der Waals surface area contributed by atoms with Gasteiger partial charge in [-0.05, 0) is 34.7 Å². The van der Waals surface area contributed by atoms with Crippen LogP contribution in [0.3, 0.4) is 0 Å². The lowest BCUT2D eigenvalue weighted by Gasteiger charge is -2.02. The number of methoxy groups -OCH3 is 1. The van der Waals surface area contributed by atoms with Crippen LogP contribution in [0.25, 0.3) is 5.52 Å². The number of halogens is 1. The lowest BCUT2D eigenvalue weighted by Crippen LogP contribution is -2.06. The molecule has 0 amide bonds. The minimum absolute atomic E-state index is 0.357. The van der Waals surface area contributed by atoms with E-state index in [1.807, 2.05) is 12.1 Å². The highest BCUT2D eigenvalue weighted by Gasteiger charge is 2.11. The van der Waals surface area contributed by atoms with E-state index in [0.717, 1.165) is 9.22 Å². The minimum Gasteiger partial charge on any atom is -0.464 e. The second kappa shape index (κ2) is 3.56. The second-order valence-corrected chi connectivity index (χ2v) is 3.72. The van der Waals surface area contributed by atoms with Gasteiger partial charge in [-0.25, -0.2) is 9.78 Å². The van der Waals surface area contributed by atoms with E-state index < -0.39 is 0 Å². The highest BCUT2D eigenvalue weighted by Crippen LogP contribution is 2.14. The highest BCUT2D eigenvalue weighted by atomic mass is 127. The zero-order valence-electron chi connectivity index (χ0n) is 7.40. The van der Waals surface area contributed by atoms with E-state index in [1.165, 1.54) is 7.11 Å². The van der Waals surface area contributed by atoms with Crippen molar-refractivity contribution in [3.05, 3.63) is 33.9 Å². The Labute approximate surface area is 94.0 Å². The molecule has 0 unspecified atom stereocenters. The molecule has 0 aliphatic rings. The first-order chi connectivity index (χ1) is 6.74. The average Bonchev–Trinajstić information content (AvgIpc) is 2.59. The third-order valence-electron chi connectivity index (χ3n) is 1.92. The molecule has 0 aromatic carbocycles. The largest absolute Gasteiger partial charge is 0.464 e. The molecule has 0 saturated heterocycles. The normalized spacial score (nSPS) is 10.4. The Morgan fingerprint density at radius 3 is 3.07 bits per heavy atom. The molecule has 0 atom stereocenters. The van der Waals surface area contributed by atoms with Crippen LogP contribution < -0.4 is 0 Å². The molecule has 0 radical (unpaired) electrons. The molecule has 0 spiro atoms. The molecule has 5 heteroatoms. The molecule has 0 N–H and O–H groups in total. The number of imidazole rings is 1. The molecule has 2 heterocycles. The number of nitrogens with zero attached hydrogens (tertiary/aromatic N) is 2. The standard InChI is InChI=1S/C9H7IN2O2/c1-14-9(13)7-4-2-3-6-8(10)11-5-12(6)7/h2-5H,1H3. The van der Waals surface area contributed by atoms with Crippen LogP contribution in [0, 0.1) is 3.70 Å². The Morgan fingerprint density at radius 2 is 2.36 bits per heavy atom. The summed E-state index contributed by atoms with van der Waals surface area (Å²) < 4.78 is 7.25. The van der Waals surface area contributed by atoms with E-state index in [9.17, 15) is 4.79 Å². The lowest BCUT2D eigenvalue weighted by atomic mass is 10.3. The summed E-state index contributed by atoms with van der Waals surface area (Å²) in [7, 11) is 1.36. The summed E-state index contributed by atoms with van der Waals surface area (Å²) in [4.78, 5) is 15.5. The number of hydrogen-bond acceptors (Lipinski definition) is 3. The Hall–Kier alpha value is -1.11. The number of carbonyl (C=O) groups excluding carboxylic acids is 1. The molecule has 0 fully saturated rings. The van der Waals surface area contributed by atoms with E-state index in [1.54, 1.807) is 16.8 Å². The van der Waals surface area contributed by atoms with Gasteiger partial charge < -0.3 is 4.74 Å². The zero-order valence-corrected chi connectivity index (χ0v) is 9.56. The van der Waals surface area contributed by atoms with Crippen LogP contribution in [0.5, 0.6) is 0 Å². The second-order valence-electron chi connectivity index (χ2n) is 2.69. The monoisotopic (exact) mass is 302 g/mol. The maximum absolute atomic E-state index is 11.4. The fourth-order valence-corrected chi connectivity index (χ4v) is 1.82. The first-order valence-electron chi connectivity index (χ1n) is 3.94. The van der Waals surface area contributed by atoms with E-state index in [0.29, 0.717) is 5.69 Å². The van der Waals surface area contributed by atoms with Crippen LogP contribution in [0.15, 0.2) is 24.5 Å². The van der Waals surface area contributed by atoms with Gasteiger partial charge in [-0.2, -0.15) is 0 Å². The number of esters is 1. The van der Waals surface area contributed by atoms with Crippen molar-refractivity contribution in [2.45, 2.75) is 0 Å². The summed E-state index contributed by atoms with van der Waals surface area (Å²) in [5.74, 6) is -0.357. The number of rotatable bonds is 1. The van der Waals surface area contributed by atoms with Gasteiger partial charge >= 0.3 is 5.97 Å². The van der Waals surface area contributed by atoms with Crippen LogP contribution >= 0.6 is 22.6 Å². The topological polar surface area (TPSA) is 43.6 Å². The number of hydrogen-bond donors (Lipinski definition) is 0. The third-order valence-corrected chi connectivity index (χ3v) is 2.75. The van der Waals surface area contributed by atoms with Crippen molar-refractivity contribution in [1.29, 1.82) is 0 Å². The average molecular weight is 302 g/mol. The highest BCUT2D eigenvalue weighted by molar-refractivity contribution is 14.1. The van der Waals surface area contributed by atoms with Crippen molar-refractivity contribution >= 4 is 34.1 Å². The molecule has 0 bridgehead atoms. The maximum atomic E-state index is 11.4. The molecule has 2 aromatic heterocycles. The SMILES string of the molecule is COC(=O)c1cccc2c(I)ncn12. The fourth-order valence-electron chi connectivity index (χ4n) is 1.26. The van der Waals surface area contributed by atoms with Crippen LogP contribution in [-0.4, -0.2) is 22.5 Å². The van der Waals surface area contributed by atoms with E-state index >= 15 is 0 Å². The smallest absolute Gasteiger partial charge is 0.355 e. The van der Waals surface area contributed by atoms with E-state index in [4.69, 9.17) is 0 Å². The summed E-state index contributed by atoms with van der Waals surface area (Å²) in [6.07, 6.45) is 1.61. The van der Waals surface area contributed by atoms with Gasteiger partial charge in [-0.1, -0.05) is 6.07 Å². The fraction of sp³-hybridized carbons (Fsp3) is 0.111. The van der Waals surface area contributed by atoms with E-state index in [2.05, 4.69) is 32.3 Å². The third kappa shape index (κ3) is 1.37. The first-order valence-corrected chi connectivity index (χ1v) is 5.02. The number of ether oxygens (including phenoxy) is 1. The summed E-state index contributed by atoms with van der Waals surface area (Å²) in [5.41, 5.74) is 1.40. The quantitative estimate of drug-likeness (QED) is 0.595. The van der Waals surface area contributed by atoms with Crippen LogP contribution in [0.2, 0.25) is 0 Å². The van der Waals surface area contributed by atoms with Gasteiger partial charge in [-0.3, -0.25) is 4.40 Å². The van der Waals surface area contributed by atoms with Gasteiger partial charge in [0, 0.05) is 0 Å². The maximum Gasteiger partial charge on any atom is 0.355 e. The van der Waals surface area contributed by atoms with Gasteiger partial charge in [0.1, 0.15) is 15.7 Å². The predicted molar refractivity (Wildman–Crippen MR) is 59.2 cm³/mol. The van der Waals surface area contributed by atoms with Crippen LogP contribution in [0.4, 0.5) is 0 Å². The molecular formula is C9H7IN2O2. The Bertz CT molecular complexity index is 493. The number of pyridine rings is 1. The molecule has 0 aliphatic carbocycles. The number of carbonyl (C=O) groups is 1. The molecule has 14 heavy (non-hydrogen) atoms. The van der Waals surface area contributed by atoms with Gasteiger partial charge in [0.15, 0.2) is 0 Å². The van der Waals surface area contributed by atoms with Gasteiger partial charge in [0.2, 0.25) is 0 Å². The van der Waals surface area contributed by atoms with Gasteiger partial charge in [0.25, 0.3) is 0 Å². The molecule has 4 nitrogen and oxygen atoms in total. The summed E-state index contributed by atoms with van der Waals surface area (Å²) in [6.45, 7) is 0. The first kappa shape index (κ1) is 9.45. The van der Waals surface area contributed by atoms with Crippen molar-refractivity contribution in [2.75, 3.05) is 7.11 Å².